The number of aromatic carboxylic acids is 1. The summed E-state index contributed by atoms with van der Waals surface area (Å²) in [5.41, 5.74) is 3.92. The van der Waals surface area contributed by atoms with Crippen LogP contribution in [0.25, 0.3) is 22.3 Å². The molecule has 0 unspecified atom stereocenters. The molecule has 144 valence electrons. The first-order chi connectivity index (χ1) is 14.0. The SMILES string of the molecule is O=C(O)c1ccc(-c2ccc(/C=N\NC(=O)c3cc4cc(Br)ccc4o3)o2)cc1. The summed E-state index contributed by atoms with van der Waals surface area (Å²) < 4.78 is 12.0. The van der Waals surface area contributed by atoms with Gasteiger partial charge in [-0.3, -0.25) is 4.79 Å². The molecule has 2 N–H and O–H groups in total. The van der Waals surface area contributed by atoms with Crippen molar-refractivity contribution in [3.8, 4) is 11.3 Å². The molecule has 0 fully saturated rings. The van der Waals surface area contributed by atoms with Crippen molar-refractivity contribution in [2.24, 2.45) is 5.10 Å². The van der Waals surface area contributed by atoms with Crippen LogP contribution in [0.1, 0.15) is 26.7 Å². The number of carbonyl (C=O) groups excluding carboxylic acids is 1. The molecule has 0 aliphatic heterocycles. The maximum absolute atomic E-state index is 12.2. The van der Waals surface area contributed by atoms with E-state index in [1.165, 1.54) is 18.3 Å². The lowest BCUT2D eigenvalue weighted by atomic mass is 10.1. The van der Waals surface area contributed by atoms with Crippen LogP contribution in [0.2, 0.25) is 0 Å². The molecule has 0 spiro atoms. The van der Waals surface area contributed by atoms with Gasteiger partial charge in [-0.1, -0.05) is 28.1 Å². The van der Waals surface area contributed by atoms with Crippen molar-refractivity contribution >= 4 is 45.0 Å². The molecule has 2 heterocycles. The minimum Gasteiger partial charge on any atom is -0.478 e. The van der Waals surface area contributed by atoms with Crippen molar-refractivity contribution in [1.82, 2.24) is 5.43 Å². The van der Waals surface area contributed by atoms with Crippen molar-refractivity contribution < 1.29 is 23.5 Å². The fourth-order valence-electron chi connectivity index (χ4n) is 2.69. The molecular formula is C21H13BrN2O5. The quantitative estimate of drug-likeness (QED) is 0.330. The van der Waals surface area contributed by atoms with Gasteiger partial charge in [0.2, 0.25) is 0 Å². The second-order valence-electron chi connectivity index (χ2n) is 6.08. The largest absolute Gasteiger partial charge is 0.478 e. The van der Waals surface area contributed by atoms with Gasteiger partial charge in [0.1, 0.15) is 17.1 Å². The summed E-state index contributed by atoms with van der Waals surface area (Å²) in [6.07, 6.45) is 1.37. The average Bonchev–Trinajstić information content (AvgIpc) is 3.34. The van der Waals surface area contributed by atoms with Crippen LogP contribution in [0, 0.1) is 0 Å². The van der Waals surface area contributed by atoms with Crippen molar-refractivity contribution in [1.29, 1.82) is 0 Å². The Labute approximate surface area is 172 Å². The highest BCUT2D eigenvalue weighted by Crippen LogP contribution is 2.24. The zero-order valence-electron chi connectivity index (χ0n) is 14.8. The Kier molecular flexibility index (Phi) is 5.01. The minimum atomic E-state index is -0.989. The molecule has 0 aliphatic carbocycles. The molecule has 0 aliphatic rings. The van der Waals surface area contributed by atoms with Gasteiger partial charge < -0.3 is 13.9 Å². The van der Waals surface area contributed by atoms with E-state index in [-0.39, 0.29) is 11.3 Å². The number of hydrazone groups is 1. The Morgan fingerprint density at radius 3 is 2.55 bits per heavy atom. The van der Waals surface area contributed by atoms with E-state index < -0.39 is 11.9 Å². The highest BCUT2D eigenvalue weighted by Gasteiger charge is 2.12. The molecule has 2 aromatic heterocycles. The summed E-state index contributed by atoms with van der Waals surface area (Å²) in [5.74, 6) is -0.344. The summed E-state index contributed by atoms with van der Waals surface area (Å²) in [5, 5.41) is 13.6. The van der Waals surface area contributed by atoms with Crippen molar-refractivity contribution in [2.45, 2.75) is 0 Å². The van der Waals surface area contributed by atoms with Gasteiger partial charge in [-0.2, -0.15) is 5.10 Å². The maximum Gasteiger partial charge on any atom is 0.335 e. The number of amides is 1. The van der Waals surface area contributed by atoms with Crippen LogP contribution in [0.4, 0.5) is 0 Å². The molecule has 0 saturated carbocycles. The molecule has 29 heavy (non-hydrogen) atoms. The predicted octanol–water partition coefficient (Wildman–Crippen LogP) is 4.92. The number of benzene rings is 2. The van der Waals surface area contributed by atoms with Gasteiger partial charge in [-0.15, -0.1) is 0 Å². The summed E-state index contributed by atoms with van der Waals surface area (Å²) in [6, 6.07) is 16.8. The Bertz CT molecular complexity index is 1240. The van der Waals surface area contributed by atoms with Gasteiger partial charge in [-0.25, -0.2) is 10.2 Å². The average molecular weight is 453 g/mol. The number of halogens is 1. The number of hydrogen-bond acceptors (Lipinski definition) is 5. The van der Waals surface area contributed by atoms with E-state index in [0.717, 1.165) is 15.4 Å². The summed E-state index contributed by atoms with van der Waals surface area (Å²) in [4.78, 5) is 23.1. The molecule has 4 rings (SSSR count). The highest BCUT2D eigenvalue weighted by molar-refractivity contribution is 9.10. The number of carbonyl (C=O) groups is 2. The van der Waals surface area contributed by atoms with Gasteiger partial charge >= 0.3 is 11.9 Å². The Morgan fingerprint density at radius 1 is 1.00 bits per heavy atom. The van der Waals surface area contributed by atoms with Gasteiger partial charge in [0.25, 0.3) is 0 Å². The van der Waals surface area contributed by atoms with E-state index in [1.807, 2.05) is 12.1 Å². The monoisotopic (exact) mass is 452 g/mol. The molecule has 8 heteroatoms. The van der Waals surface area contributed by atoms with Crippen LogP contribution in [0.15, 0.2) is 79.1 Å². The smallest absolute Gasteiger partial charge is 0.335 e. The van der Waals surface area contributed by atoms with Crippen LogP contribution < -0.4 is 5.43 Å². The number of fused-ring (bicyclic) bond motifs is 1. The number of furan rings is 2. The van der Waals surface area contributed by atoms with Crippen molar-refractivity contribution in [3.05, 3.63) is 82.2 Å². The first kappa shape index (κ1) is 18.7. The van der Waals surface area contributed by atoms with Crippen molar-refractivity contribution in [3.63, 3.8) is 0 Å². The van der Waals surface area contributed by atoms with E-state index in [2.05, 4.69) is 26.5 Å². The fourth-order valence-corrected chi connectivity index (χ4v) is 3.07. The third-order valence-electron chi connectivity index (χ3n) is 4.10. The normalized spacial score (nSPS) is 11.2. The maximum atomic E-state index is 12.2. The molecule has 1 amide bonds. The number of carboxylic acids is 1. The summed E-state index contributed by atoms with van der Waals surface area (Å²) in [7, 11) is 0. The lowest BCUT2D eigenvalue weighted by Gasteiger charge is -1.98. The van der Waals surface area contributed by atoms with Crippen LogP contribution in [0.3, 0.4) is 0 Å². The molecule has 0 atom stereocenters. The van der Waals surface area contributed by atoms with E-state index in [1.54, 1.807) is 36.4 Å². The van der Waals surface area contributed by atoms with Crippen molar-refractivity contribution in [2.75, 3.05) is 0 Å². The third-order valence-corrected chi connectivity index (χ3v) is 4.60. The zero-order valence-corrected chi connectivity index (χ0v) is 16.3. The lowest BCUT2D eigenvalue weighted by Crippen LogP contribution is -2.16. The Balaban J connectivity index is 1.42. The van der Waals surface area contributed by atoms with E-state index in [0.29, 0.717) is 17.1 Å². The second-order valence-corrected chi connectivity index (χ2v) is 6.99. The fraction of sp³-hybridized carbons (Fsp3) is 0. The van der Waals surface area contributed by atoms with Gasteiger partial charge in [0.05, 0.1) is 11.8 Å². The van der Waals surface area contributed by atoms with E-state index in [9.17, 15) is 9.59 Å². The van der Waals surface area contributed by atoms with Crippen LogP contribution in [-0.4, -0.2) is 23.2 Å². The first-order valence-corrected chi connectivity index (χ1v) is 9.25. The first-order valence-electron chi connectivity index (χ1n) is 8.46. The number of nitrogens with zero attached hydrogens (tertiary/aromatic N) is 1. The van der Waals surface area contributed by atoms with Gasteiger partial charge in [0.15, 0.2) is 5.76 Å². The zero-order chi connectivity index (χ0) is 20.4. The predicted molar refractivity (Wildman–Crippen MR) is 110 cm³/mol. The molecule has 2 aromatic carbocycles. The number of hydrogen-bond donors (Lipinski definition) is 2. The lowest BCUT2D eigenvalue weighted by molar-refractivity contribution is 0.0696. The molecule has 0 saturated heterocycles. The molecule has 0 bridgehead atoms. The van der Waals surface area contributed by atoms with Gasteiger partial charge in [-0.05, 0) is 48.5 Å². The minimum absolute atomic E-state index is 0.147. The molecule has 0 radical (unpaired) electrons. The highest BCUT2D eigenvalue weighted by atomic mass is 79.9. The van der Waals surface area contributed by atoms with Crippen LogP contribution >= 0.6 is 15.9 Å². The second kappa shape index (κ2) is 7.76. The topological polar surface area (TPSA) is 105 Å². The molecule has 7 nitrogen and oxygen atoms in total. The number of nitrogens with one attached hydrogen (secondary N) is 1. The summed E-state index contributed by atoms with van der Waals surface area (Å²) >= 11 is 3.37. The molecular weight excluding hydrogens is 440 g/mol. The van der Waals surface area contributed by atoms with Crippen LogP contribution in [-0.2, 0) is 0 Å². The molecule has 4 aromatic rings. The van der Waals surface area contributed by atoms with Crippen LogP contribution in [0.5, 0.6) is 0 Å². The van der Waals surface area contributed by atoms with Gasteiger partial charge in [0, 0.05) is 15.4 Å². The summed E-state index contributed by atoms with van der Waals surface area (Å²) in [6.45, 7) is 0. The van der Waals surface area contributed by atoms with E-state index in [4.69, 9.17) is 13.9 Å². The Morgan fingerprint density at radius 2 is 1.79 bits per heavy atom. The standard InChI is InChI=1S/C21H13BrN2O5/c22-15-5-7-18-14(9-15)10-19(29-18)20(25)24-23-11-16-6-8-17(28-16)12-1-3-13(4-2-12)21(26)27/h1-11H,(H,24,25)(H,26,27)/b23-11-. The number of carboxylic acid groups (broad SMARTS) is 1. The third kappa shape index (κ3) is 4.12. The number of rotatable bonds is 5. The van der Waals surface area contributed by atoms with E-state index >= 15 is 0 Å². The Hall–Kier alpha value is -3.65.